The molecule has 3 rings (SSSR count). The zero-order valence-corrected chi connectivity index (χ0v) is 12.0. The van der Waals surface area contributed by atoms with Gasteiger partial charge in [0.05, 0.1) is 7.11 Å². The molecule has 1 aromatic heterocycles. The van der Waals surface area contributed by atoms with E-state index in [0.29, 0.717) is 11.7 Å². The number of methoxy groups -OCH3 is 1. The molecular formula is C16H20N2O2. The number of rotatable bonds is 3. The molecule has 4 nitrogen and oxygen atoms in total. The van der Waals surface area contributed by atoms with Crippen LogP contribution in [0.2, 0.25) is 0 Å². The highest BCUT2D eigenvalue weighted by molar-refractivity contribution is 6.01. The van der Waals surface area contributed by atoms with E-state index < -0.39 is 0 Å². The fourth-order valence-electron chi connectivity index (χ4n) is 3.00. The van der Waals surface area contributed by atoms with E-state index in [0.717, 1.165) is 35.1 Å². The van der Waals surface area contributed by atoms with E-state index in [-0.39, 0.29) is 5.91 Å². The molecule has 1 aliphatic rings. The molecule has 0 spiro atoms. The van der Waals surface area contributed by atoms with Gasteiger partial charge in [0.15, 0.2) is 0 Å². The smallest absolute Gasteiger partial charge is 0.268 e. The standard InChI is InChI=1S/C16H20N2O2/c1-10-13-8-7-12(20-2)9-14(13)18-15(10)16(19)17-11-5-3-4-6-11/h7-9,11,18H,3-6H2,1-2H3,(H,17,19). The van der Waals surface area contributed by atoms with Crippen molar-refractivity contribution >= 4 is 16.8 Å². The van der Waals surface area contributed by atoms with Crippen LogP contribution >= 0.6 is 0 Å². The summed E-state index contributed by atoms with van der Waals surface area (Å²) >= 11 is 0. The number of carbonyl (C=O) groups excluding carboxylic acids is 1. The molecule has 1 saturated carbocycles. The summed E-state index contributed by atoms with van der Waals surface area (Å²) in [7, 11) is 1.64. The third kappa shape index (κ3) is 2.26. The van der Waals surface area contributed by atoms with Gasteiger partial charge < -0.3 is 15.0 Å². The highest BCUT2D eigenvalue weighted by Crippen LogP contribution is 2.26. The molecule has 1 fully saturated rings. The Morgan fingerprint density at radius 3 is 2.80 bits per heavy atom. The lowest BCUT2D eigenvalue weighted by atomic mass is 10.1. The fraction of sp³-hybridized carbons (Fsp3) is 0.438. The normalized spacial score (nSPS) is 15.7. The number of hydrogen-bond acceptors (Lipinski definition) is 2. The minimum absolute atomic E-state index is 0.00423. The Labute approximate surface area is 118 Å². The summed E-state index contributed by atoms with van der Waals surface area (Å²) in [6.45, 7) is 1.98. The van der Waals surface area contributed by atoms with Crippen molar-refractivity contribution in [2.75, 3.05) is 7.11 Å². The molecule has 20 heavy (non-hydrogen) atoms. The highest BCUT2D eigenvalue weighted by atomic mass is 16.5. The molecule has 0 bridgehead atoms. The van der Waals surface area contributed by atoms with Gasteiger partial charge in [-0.2, -0.15) is 0 Å². The second-order valence-corrected chi connectivity index (χ2v) is 5.49. The fourth-order valence-corrected chi connectivity index (χ4v) is 3.00. The summed E-state index contributed by atoms with van der Waals surface area (Å²) in [6.07, 6.45) is 4.62. The Hall–Kier alpha value is -1.97. The molecule has 2 N–H and O–H groups in total. The Morgan fingerprint density at radius 1 is 1.35 bits per heavy atom. The van der Waals surface area contributed by atoms with Gasteiger partial charge in [-0.15, -0.1) is 0 Å². The maximum absolute atomic E-state index is 12.4. The van der Waals surface area contributed by atoms with E-state index in [9.17, 15) is 4.79 Å². The Kier molecular flexibility index (Phi) is 3.38. The van der Waals surface area contributed by atoms with E-state index in [1.165, 1.54) is 12.8 Å². The number of H-pyrrole nitrogens is 1. The van der Waals surface area contributed by atoms with Crippen LogP contribution in [-0.2, 0) is 0 Å². The van der Waals surface area contributed by atoms with E-state index in [4.69, 9.17) is 4.74 Å². The molecule has 0 aliphatic heterocycles. The molecule has 1 aromatic carbocycles. The van der Waals surface area contributed by atoms with Crippen molar-refractivity contribution in [3.05, 3.63) is 29.5 Å². The van der Waals surface area contributed by atoms with Gasteiger partial charge in [0, 0.05) is 23.0 Å². The van der Waals surface area contributed by atoms with Crippen LogP contribution in [0.25, 0.3) is 10.9 Å². The number of aromatic amines is 1. The topological polar surface area (TPSA) is 54.1 Å². The molecule has 0 atom stereocenters. The van der Waals surface area contributed by atoms with Gasteiger partial charge in [-0.25, -0.2) is 0 Å². The number of carbonyl (C=O) groups is 1. The number of benzene rings is 1. The van der Waals surface area contributed by atoms with Gasteiger partial charge in [0.25, 0.3) is 5.91 Å². The summed E-state index contributed by atoms with van der Waals surface area (Å²) in [5.74, 6) is 0.797. The van der Waals surface area contributed by atoms with Crippen LogP contribution in [0.15, 0.2) is 18.2 Å². The summed E-state index contributed by atoms with van der Waals surface area (Å²) in [6, 6.07) is 6.17. The average Bonchev–Trinajstić information content (AvgIpc) is 3.06. The van der Waals surface area contributed by atoms with Crippen LogP contribution in [0.3, 0.4) is 0 Å². The molecule has 106 valence electrons. The summed E-state index contributed by atoms with van der Waals surface area (Å²) in [4.78, 5) is 15.6. The van der Waals surface area contributed by atoms with Crippen molar-refractivity contribution in [3.8, 4) is 5.75 Å². The first kappa shape index (κ1) is 13.0. The van der Waals surface area contributed by atoms with Crippen LogP contribution in [0.1, 0.15) is 41.7 Å². The van der Waals surface area contributed by atoms with Crippen LogP contribution in [0, 0.1) is 6.92 Å². The molecule has 0 unspecified atom stereocenters. The first-order chi connectivity index (χ1) is 9.69. The molecule has 2 aromatic rings. The lowest BCUT2D eigenvalue weighted by Crippen LogP contribution is -2.33. The van der Waals surface area contributed by atoms with E-state index in [1.807, 2.05) is 25.1 Å². The van der Waals surface area contributed by atoms with Crippen molar-refractivity contribution in [3.63, 3.8) is 0 Å². The van der Waals surface area contributed by atoms with E-state index >= 15 is 0 Å². The van der Waals surface area contributed by atoms with Crippen molar-refractivity contribution in [1.82, 2.24) is 10.3 Å². The van der Waals surface area contributed by atoms with Crippen LogP contribution in [-0.4, -0.2) is 24.0 Å². The maximum Gasteiger partial charge on any atom is 0.268 e. The Morgan fingerprint density at radius 2 is 2.10 bits per heavy atom. The minimum Gasteiger partial charge on any atom is -0.497 e. The zero-order valence-electron chi connectivity index (χ0n) is 12.0. The second kappa shape index (κ2) is 5.19. The van der Waals surface area contributed by atoms with E-state index in [1.54, 1.807) is 7.11 Å². The van der Waals surface area contributed by atoms with Gasteiger partial charge in [-0.3, -0.25) is 4.79 Å². The van der Waals surface area contributed by atoms with Crippen molar-refractivity contribution in [2.24, 2.45) is 0 Å². The Balaban J connectivity index is 1.90. The predicted molar refractivity (Wildman–Crippen MR) is 79.3 cm³/mol. The van der Waals surface area contributed by atoms with E-state index in [2.05, 4.69) is 10.3 Å². The average molecular weight is 272 g/mol. The summed E-state index contributed by atoms with van der Waals surface area (Å²) < 4.78 is 5.22. The maximum atomic E-state index is 12.4. The van der Waals surface area contributed by atoms with Crippen molar-refractivity contribution < 1.29 is 9.53 Å². The molecule has 1 heterocycles. The number of amides is 1. The number of ether oxygens (including phenoxy) is 1. The van der Waals surface area contributed by atoms with Gasteiger partial charge in [0.1, 0.15) is 11.4 Å². The Bertz CT molecular complexity index is 639. The first-order valence-corrected chi connectivity index (χ1v) is 7.16. The molecular weight excluding hydrogens is 252 g/mol. The van der Waals surface area contributed by atoms with Crippen LogP contribution in [0.4, 0.5) is 0 Å². The van der Waals surface area contributed by atoms with Gasteiger partial charge in [0.2, 0.25) is 0 Å². The van der Waals surface area contributed by atoms with Gasteiger partial charge in [-0.1, -0.05) is 12.8 Å². The molecule has 0 saturated heterocycles. The molecule has 1 amide bonds. The third-order valence-corrected chi connectivity index (χ3v) is 4.18. The number of fused-ring (bicyclic) bond motifs is 1. The first-order valence-electron chi connectivity index (χ1n) is 7.16. The number of aryl methyl sites for hydroxylation is 1. The monoisotopic (exact) mass is 272 g/mol. The molecule has 1 aliphatic carbocycles. The SMILES string of the molecule is COc1ccc2c(C)c(C(=O)NC3CCCC3)[nH]c2c1. The lowest BCUT2D eigenvalue weighted by molar-refractivity contribution is 0.0933. The quantitative estimate of drug-likeness (QED) is 0.901. The minimum atomic E-state index is 0.00423. The predicted octanol–water partition coefficient (Wildman–Crippen LogP) is 3.16. The third-order valence-electron chi connectivity index (χ3n) is 4.18. The number of aromatic nitrogens is 1. The lowest BCUT2D eigenvalue weighted by Gasteiger charge is -2.11. The molecule has 0 radical (unpaired) electrons. The zero-order chi connectivity index (χ0) is 14.1. The number of nitrogens with one attached hydrogen (secondary N) is 2. The van der Waals surface area contributed by atoms with Gasteiger partial charge in [-0.05, 0) is 37.5 Å². The number of hydrogen-bond donors (Lipinski definition) is 2. The second-order valence-electron chi connectivity index (χ2n) is 5.49. The molecule has 4 heteroatoms. The van der Waals surface area contributed by atoms with Gasteiger partial charge >= 0.3 is 0 Å². The highest BCUT2D eigenvalue weighted by Gasteiger charge is 2.21. The summed E-state index contributed by atoms with van der Waals surface area (Å²) in [5, 5.41) is 4.20. The van der Waals surface area contributed by atoms with Crippen molar-refractivity contribution in [1.29, 1.82) is 0 Å². The largest absolute Gasteiger partial charge is 0.497 e. The van der Waals surface area contributed by atoms with Crippen molar-refractivity contribution in [2.45, 2.75) is 38.6 Å². The summed E-state index contributed by atoms with van der Waals surface area (Å²) in [5.41, 5.74) is 2.61. The van der Waals surface area contributed by atoms with Crippen LogP contribution in [0.5, 0.6) is 5.75 Å². The van der Waals surface area contributed by atoms with Crippen LogP contribution < -0.4 is 10.1 Å².